The van der Waals surface area contributed by atoms with Crippen LogP contribution in [0.1, 0.15) is 65.2 Å². The van der Waals surface area contributed by atoms with Crippen molar-refractivity contribution < 1.29 is 29.0 Å². The van der Waals surface area contributed by atoms with Gasteiger partial charge >= 0.3 is 11.9 Å². The van der Waals surface area contributed by atoms with E-state index in [2.05, 4.69) is 13.8 Å². The van der Waals surface area contributed by atoms with Gasteiger partial charge in [-0.1, -0.05) is 19.4 Å². The first kappa shape index (κ1) is 20.2. The molecule has 0 radical (unpaired) electrons. The van der Waals surface area contributed by atoms with Crippen molar-refractivity contribution in [2.75, 3.05) is 7.11 Å². The lowest BCUT2D eigenvalue weighted by Gasteiger charge is -2.62. The SMILES string of the molecule is COC(=O)[C@@H]1CC2=CC(=O)CC[C@]2(C)[C@H]2[C@H]1[C@H]1CC[C@@]3(CCC(=O)O3)[C@]1(C)C[C@H]2O. The first-order valence-electron chi connectivity index (χ1n) is 11.4. The minimum absolute atomic E-state index is 0.0415. The second-order valence-electron chi connectivity index (χ2n) is 10.8. The predicted molar refractivity (Wildman–Crippen MR) is 107 cm³/mol. The van der Waals surface area contributed by atoms with E-state index in [-0.39, 0.29) is 52.2 Å². The molecular formula is C24H32O6. The molecule has 6 nitrogen and oxygen atoms in total. The number of allylic oxidation sites excluding steroid dienone is 1. The molecule has 4 aliphatic carbocycles. The molecule has 5 rings (SSSR count). The molecule has 1 spiro atoms. The number of methoxy groups -OCH3 is 1. The summed E-state index contributed by atoms with van der Waals surface area (Å²) in [5.41, 5.74) is -0.168. The molecule has 0 aromatic rings. The monoisotopic (exact) mass is 416 g/mol. The third kappa shape index (κ3) is 2.43. The predicted octanol–water partition coefficient (Wildman–Crippen LogP) is 2.96. The van der Waals surface area contributed by atoms with Gasteiger partial charge in [0.15, 0.2) is 5.78 Å². The molecule has 0 unspecified atom stereocenters. The second-order valence-corrected chi connectivity index (χ2v) is 10.8. The van der Waals surface area contributed by atoms with Crippen molar-refractivity contribution in [2.45, 2.75) is 76.9 Å². The Balaban J connectivity index is 1.62. The summed E-state index contributed by atoms with van der Waals surface area (Å²) in [6.07, 6.45) is 6.21. The largest absolute Gasteiger partial charge is 0.469 e. The summed E-state index contributed by atoms with van der Waals surface area (Å²) in [4.78, 5) is 37.2. The zero-order chi connectivity index (χ0) is 21.5. The third-order valence-corrected chi connectivity index (χ3v) is 9.79. The fourth-order valence-electron chi connectivity index (χ4n) is 8.35. The van der Waals surface area contributed by atoms with Crippen LogP contribution in [0, 0.1) is 34.5 Å². The molecule has 8 atom stereocenters. The van der Waals surface area contributed by atoms with Crippen LogP contribution < -0.4 is 0 Å². The van der Waals surface area contributed by atoms with Crippen LogP contribution in [0.3, 0.4) is 0 Å². The number of ketones is 1. The number of rotatable bonds is 1. The summed E-state index contributed by atoms with van der Waals surface area (Å²) >= 11 is 0. The lowest BCUT2D eigenvalue weighted by atomic mass is 9.43. The van der Waals surface area contributed by atoms with E-state index < -0.39 is 11.7 Å². The lowest BCUT2D eigenvalue weighted by molar-refractivity contribution is -0.197. The van der Waals surface area contributed by atoms with Crippen LogP contribution in [0.25, 0.3) is 0 Å². The summed E-state index contributed by atoms with van der Waals surface area (Å²) in [5, 5.41) is 11.6. The average molecular weight is 417 g/mol. The molecule has 1 N–H and O–H groups in total. The number of aliphatic hydroxyl groups is 1. The van der Waals surface area contributed by atoms with Gasteiger partial charge in [-0.3, -0.25) is 14.4 Å². The highest BCUT2D eigenvalue weighted by Crippen LogP contribution is 2.70. The maximum atomic E-state index is 12.9. The molecule has 1 heterocycles. The van der Waals surface area contributed by atoms with Gasteiger partial charge in [0.05, 0.1) is 19.1 Å². The highest BCUT2D eigenvalue weighted by atomic mass is 16.6. The zero-order valence-corrected chi connectivity index (χ0v) is 18.1. The van der Waals surface area contributed by atoms with Crippen LogP contribution in [0.4, 0.5) is 0 Å². The van der Waals surface area contributed by atoms with Crippen molar-refractivity contribution in [3.05, 3.63) is 11.6 Å². The third-order valence-electron chi connectivity index (χ3n) is 9.79. The van der Waals surface area contributed by atoms with E-state index in [4.69, 9.17) is 9.47 Å². The Morgan fingerprint density at radius 3 is 2.63 bits per heavy atom. The maximum Gasteiger partial charge on any atom is 0.309 e. The summed E-state index contributed by atoms with van der Waals surface area (Å²) in [6, 6.07) is 0. The van der Waals surface area contributed by atoms with Gasteiger partial charge in [-0.25, -0.2) is 0 Å². The molecule has 0 bridgehead atoms. The first-order chi connectivity index (χ1) is 14.1. The molecule has 164 valence electrons. The van der Waals surface area contributed by atoms with Gasteiger partial charge in [-0.05, 0) is 67.8 Å². The lowest BCUT2D eigenvalue weighted by Crippen LogP contribution is -2.62. The summed E-state index contributed by atoms with van der Waals surface area (Å²) in [6.45, 7) is 4.33. The van der Waals surface area contributed by atoms with Crippen molar-refractivity contribution in [1.82, 2.24) is 0 Å². The van der Waals surface area contributed by atoms with Crippen molar-refractivity contribution in [3.8, 4) is 0 Å². The number of esters is 2. The fraction of sp³-hybridized carbons (Fsp3) is 0.792. The zero-order valence-electron chi connectivity index (χ0n) is 18.1. The Morgan fingerprint density at radius 1 is 1.20 bits per heavy atom. The number of fused-ring (bicyclic) bond motifs is 6. The minimum atomic E-state index is -0.611. The van der Waals surface area contributed by atoms with E-state index in [1.807, 2.05) is 0 Å². The smallest absolute Gasteiger partial charge is 0.309 e. The Morgan fingerprint density at radius 2 is 1.97 bits per heavy atom. The van der Waals surface area contributed by atoms with E-state index in [1.54, 1.807) is 6.08 Å². The Bertz CT molecular complexity index is 847. The molecule has 0 amide bonds. The second kappa shape index (κ2) is 6.41. The number of hydrogen-bond donors (Lipinski definition) is 1. The first-order valence-corrected chi connectivity index (χ1v) is 11.4. The van der Waals surface area contributed by atoms with E-state index in [0.717, 1.165) is 18.4 Å². The number of hydrogen-bond acceptors (Lipinski definition) is 6. The van der Waals surface area contributed by atoms with Crippen LogP contribution in [0.15, 0.2) is 11.6 Å². The van der Waals surface area contributed by atoms with Crippen LogP contribution in [0.2, 0.25) is 0 Å². The van der Waals surface area contributed by atoms with Gasteiger partial charge in [-0.2, -0.15) is 0 Å². The molecule has 0 aromatic carbocycles. The van der Waals surface area contributed by atoms with E-state index in [1.165, 1.54) is 7.11 Å². The van der Waals surface area contributed by atoms with Crippen molar-refractivity contribution >= 4 is 17.7 Å². The molecule has 1 saturated heterocycles. The molecule has 5 aliphatic rings. The number of carbonyl (C=O) groups excluding carboxylic acids is 3. The molecule has 4 fully saturated rings. The molecular weight excluding hydrogens is 384 g/mol. The summed E-state index contributed by atoms with van der Waals surface area (Å²) < 4.78 is 11.2. The van der Waals surface area contributed by atoms with E-state index in [0.29, 0.717) is 38.5 Å². The maximum absolute atomic E-state index is 12.9. The van der Waals surface area contributed by atoms with E-state index >= 15 is 0 Å². The molecule has 0 aromatic heterocycles. The van der Waals surface area contributed by atoms with Gasteiger partial charge in [0.1, 0.15) is 5.60 Å². The van der Waals surface area contributed by atoms with Crippen LogP contribution in [-0.2, 0) is 23.9 Å². The van der Waals surface area contributed by atoms with Crippen LogP contribution >= 0.6 is 0 Å². The van der Waals surface area contributed by atoms with Crippen LogP contribution in [-0.4, -0.2) is 41.6 Å². The normalized spacial score (nSPS) is 49.7. The van der Waals surface area contributed by atoms with Gasteiger partial charge in [-0.15, -0.1) is 0 Å². The standard InChI is InChI=1S/C24H32O6/c1-22-7-4-14(25)10-13(22)11-15(21(28)29-3)19-16-5-8-24(9-6-18(27)30-24)23(16,2)12-17(26)20(19)22/h10,15-17,19-20,26H,4-9,11-12H2,1-3H3/t15-,16-,17-,19-,20-,22+,23-,24-/m1/s1. The summed E-state index contributed by atoms with van der Waals surface area (Å²) in [7, 11) is 1.42. The highest BCUT2D eigenvalue weighted by Gasteiger charge is 2.71. The average Bonchev–Trinajstić information content (AvgIpc) is 3.21. The number of carbonyl (C=O) groups is 3. The molecule has 1 aliphatic heterocycles. The topological polar surface area (TPSA) is 89.9 Å². The van der Waals surface area contributed by atoms with Crippen molar-refractivity contribution in [3.63, 3.8) is 0 Å². The number of aliphatic hydroxyl groups excluding tert-OH is 1. The fourth-order valence-corrected chi connectivity index (χ4v) is 8.35. The molecule has 3 saturated carbocycles. The van der Waals surface area contributed by atoms with Gasteiger partial charge in [0.25, 0.3) is 0 Å². The Labute approximate surface area is 177 Å². The van der Waals surface area contributed by atoms with Gasteiger partial charge in [0.2, 0.25) is 0 Å². The van der Waals surface area contributed by atoms with Crippen molar-refractivity contribution in [1.29, 1.82) is 0 Å². The van der Waals surface area contributed by atoms with Crippen molar-refractivity contribution in [2.24, 2.45) is 34.5 Å². The quantitative estimate of drug-likeness (QED) is 0.661. The van der Waals surface area contributed by atoms with E-state index in [9.17, 15) is 19.5 Å². The van der Waals surface area contributed by atoms with Gasteiger partial charge < -0.3 is 14.6 Å². The molecule has 6 heteroatoms. The Kier molecular flexibility index (Phi) is 4.32. The number of ether oxygens (including phenoxy) is 2. The van der Waals surface area contributed by atoms with Crippen LogP contribution in [0.5, 0.6) is 0 Å². The van der Waals surface area contributed by atoms with Gasteiger partial charge in [0, 0.05) is 18.3 Å². The molecule has 30 heavy (non-hydrogen) atoms. The highest BCUT2D eigenvalue weighted by molar-refractivity contribution is 5.92. The Hall–Kier alpha value is -1.69. The summed E-state index contributed by atoms with van der Waals surface area (Å²) in [5.74, 6) is -0.636. The minimum Gasteiger partial charge on any atom is -0.469 e.